The van der Waals surface area contributed by atoms with Gasteiger partial charge in [-0.1, -0.05) is 0 Å². The van der Waals surface area contributed by atoms with E-state index >= 15 is 0 Å². The highest BCUT2D eigenvalue weighted by Gasteiger charge is 2.36. The van der Waals surface area contributed by atoms with E-state index in [0.717, 1.165) is 11.4 Å². The number of fused-ring (bicyclic) bond motifs is 1. The van der Waals surface area contributed by atoms with Gasteiger partial charge >= 0.3 is 12.0 Å². The molecule has 7 heteroatoms. The molecule has 0 saturated carbocycles. The number of hydrogen-bond acceptors (Lipinski definition) is 4. The van der Waals surface area contributed by atoms with Crippen molar-refractivity contribution in [3.63, 3.8) is 0 Å². The van der Waals surface area contributed by atoms with Crippen LogP contribution in [0.2, 0.25) is 0 Å². The highest BCUT2D eigenvalue weighted by atomic mass is 16.5. The summed E-state index contributed by atoms with van der Waals surface area (Å²) in [4.78, 5) is 32.6. The van der Waals surface area contributed by atoms with Crippen LogP contribution in [-0.2, 0) is 22.5 Å². The minimum atomic E-state index is -0.625. The summed E-state index contributed by atoms with van der Waals surface area (Å²) in [5, 5.41) is 2.79. The Hall–Kier alpha value is -2.05. The van der Waals surface area contributed by atoms with Gasteiger partial charge in [-0.15, -0.1) is 0 Å². The van der Waals surface area contributed by atoms with Crippen molar-refractivity contribution in [2.45, 2.75) is 38.9 Å². The first-order chi connectivity index (χ1) is 9.02. The first-order valence-corrected chi connectivity index (χ1v) is 6.19. The van der Waals surface area contributed by atoms with Gasteiger partial charge in [0, 0.05) is 12.5 Å². The smallest absolute Gasteiger partial charge is 0.329 e. The lowest BCUT2D eigenvalue weighted by molar-refractivity contribution is -0.146. The van der Waals surface area contributed by atoms with Crippen LogP contribution in [0.5, 0.6) is 0 Å². The second-order valence-electron chi connectivity index (χ2n) is 4.80. The number of carbonyl (C=O) groups is 2. The molecule has 0 aliphatic carbocycles. The average molecular weight is 266 g/mol. The molecule has 1 aliphatic heterocycles. The minimum absolute atomic E-state index is 0.00830. The highest BCUT2D eigenvalue weighted by Crippen LogP contribution is 2.21. The van der Waals surface area contributed by atoms with E-state index in [1.807, 2.05) is 13.8 Å². The Morgan fingerprint density at radius 3 is 2.95 bits per heavy atom. The standard InChI is InChI=1S/C12H18N4O3/c1-7(2)15-12(18)16-5-9-8(13-6-14-9)4-10(16)11(17)19-3/h6-7,10H,4-5H2,1-3H3,(H,13,14)(H,15,18). The fourth-order valence-corrected chi connectivity index (χ4v) is 2.13. The summed E-state index contributed by atoms with van der Waals surface area (Å²) in [5.41, 5.74) is 1.67. The normalized spacial score (nSPS) is 18.1. The molecule has 0 aromatic carbocycles. The van der Waals surface area contributed by atoms with Crippen LogP contribution in [0.4, 0.5) is 4.79 Å². The Bertz CT molecular complexity index is 483. The van der Waals surface area contributed by atoms with Crippen LogP contribution in [-0.4, -0.2) is 46.1 Å². The summed E-state index contributed by atoms with van der Waals surface area (Å²) in [6.07, 6.45) is 1.94. The molecule has 1 unspecified atom stereocenters. The number of urea groups is 1. The van der Waals surface area contributed by atoms with E-state index in [2.05, 4.69) is 15.3 Å². The van der Waals surface area contributed by atoms with Gasteiger partial charge in [0.25, 0.3) is 0 Å². The molecule has 1 atom stereocenters. The molecule has 0 bridgehead atoms. The third-order valence-electron chi connectivity index (χ3n) is 3.05. The van der Waals surface area contributed by atoms with Gasteiger partial charge in [-0.25, -0.2) is 14.6 Å². The Balaban J connectivity index is 2.23. The van der Waals surface area contributed by atoms with Crippen molar-refractivity contribution in [2.24, 2.45) is 0 Å². The second-order valence-corrected chi connectivity index (χ2v) is 4.80. The van der Waals surface area contributed by atoms with Crippen molar-refractivity contribution in [2.75, 3.05) is 7.11 Å². The zero-order valence-electron chi connectivity index (χ0n) is 11.3. The first-order valence-electron chi connectivity index (χ1n) is 6.19. The topological polar surface area (TPSA) is 87.3 Å². The van der Waals surface area contributed by atoms with Gasteiger partial charge in [0.05, 0.1) is 31.4 Å². The summed E-state index contributed by atoms with van der Waals surface area (Å²) >= 11 is 0. The number of hydrogen-bond donors (Lipinski definition) is 2. The van der Waals surface area contributed by atoms with Gasteiger partial charge in [-0.3, -0.25) is 0 Å². The third kappa shape index (κ3) is 2.69. The van der Waals surface area contributed by atoms with Crippen molar-refractivity contribution < 1.29 is 14.3 Å². The predicted molar refractivity (Wildman–Crippen MR) is 67.3 cm³/mol. The quantitative estimate of drug-likeness (QED) is 0.760. The Kier molecular flexibility index (Phi) is 3.73. The number of aromatic nitrogens is 2. The van der Waals surface area contributed by atoms with Gasteiger partial charge < -0.3 is 19.9 Å². The van der Waals surface area contributed by atoms with E-state index in [9.17, 15) is 9.59 Å². The van der Waals surface area contributed by atoms with E-state index in [4.69, 9.17) is 4.74 Å². The number of carbonyl (C=O) groups excluding carboxylic acids is 2. The van der Waals surface area contributed by atoms with Crippen molar-refractivity contribution in [1.82, 2.24) is 20.2 Å². The predicted octanol–water partition coefficient (Wildman–Crippen LogP) is 0.427. The maximum Gasteiger partial charge on any atom is 0.329 e. The van der Waals surface area contributed by atoms with Crippen LogP contribution in [0.15, 0.2) is 6.33 Å². The minimum Gasteiger partial charge on any atom is -0.467 e. The molecule has 1 aromatic rings. The number of imidazole rings is 1. The number of methoxy groups -OCH3 is 1. The van der Waals surface area contributed by atoms with E-state index < -0.39 is 12.0 Å². The monoisotopic (exact) mass is 266 g/mol. The van der Waals surface area contributed by atoms with E-state index in [1.165, 1.54) is 12.0 Å². The fourth-order valence-electron chi connectivity index (χ4n) is 2.13. The maximum absolute atomic E-state index is 12.1. The highest BCUT2D eigenvalue weighted by molar-refractivity contribution is 5.84. The van der Waals surface area contributed by atoms with Crippen LogP contribution in [0, 0.1) is 0 Å². The van der Waals surface area contributed by atoms with Crippen LogP contribution < -0.4 is 5.32 Å². The molecular weight excluding hydrogens is 248 g/mol. The van der Waals surface area contributed by atoms with Crippen molar-refractivity contribution in [3.05, 3.63) is 17.7 Å². The van der Waals surface area contributed by atoms with E-state index in [0.29, 0.717) is 13.0 Å². The number of rotatable bonds is 2. The largest absolute Gasteiger partial charge is 0.467 e. The number of aromatic amines is 1. The van der Waals surface area contributed by atoms with Crippen molar-refractivity contribution >= 4 is 12.0 Å². The molecule has 1 aromatic heterocycles. The first kappa shape index (κ1) is 13.4. The Morgan fingerprint density at radius 2 is 2.32 bits per heavy atom. The molecule has 2 heterocycles. The number of H-pyrrole nitrogens is 1. The lowest BCUT2D eigenvalue weighted by Gasteiger charge is -2.33. The summed E-state index contributed by atoms with van der Waals surface area (Å²) < 4.78 is 4.77. The summed E-state index contributed by atoms with van der Waals surface area (Å²) in [5.74, 6) is -0.424. The van der Waals surface area contributed by atoms with Crippen molar-refractivity contribution in [1.29, 1.82) is 0 Å². The molecule has 0 spiro atoms. The molecule has 2 amide bonds. The van der Waals surface area contributed by atoms with Crippen LogP contribution in [0.3, 0.4) is 0 Å². The summed E-state index contributed by atoms with van der Waals surface area (Å²) in [6, 6.07) is -0.890. The Labute approximate surface area is 111 Å². The third-order valence-corrected chi connectivity index (χ3v) is 3.05. The van der Waals surface area contributed by atoms with Gasteiger partial charge in [0.15, 0.2) is 0 Å². The maximum atomic E-state index is 12.1. The van der Waals surface area contributed by atoms with Crippen LogP contribution >= 0.6 is 0 Å². The van der Waals surface area contributed by atoms with Crippen molar-refractivity contribution in [3.8, 4) is 0 Å². The molecule has 1 aliphatic rings. The number of nitrogens with one attached hydrogen (secondary N) is 2. The van der Waals surface area contributed by atoms with Gasteiger partial charge in [0.1, 0.15) is 6.04 Å². The molecular formula is C12H18N4O3. The van der Waals surface area contributed by atoms with Crippen LogP contribution in [0.1, 0.15) is 25.2 Å². The lowest BCUT2D eigenvalue weighted by atomic mass is 10.0. The molecule has 19 heavy (non-hydrogen) atoms. The lowest BCUT2D eigenvalue weighted by Crippen LogP contribution is -2.53. The fraction of sp³-hybridized carbons (Fsp3) is 0.583. The van der Waals surface area contributed by atoms with E-state index in [1.54, 1.807) is 6.33 Å². The molecule has 2 N–H and O–H groups in total. The van der Waals surface area contributed by atoms with Gasteiger partial charge in [-0.05, 0) is 13.8 Å². The summed E-state index contributed by atoms with van der Waals surface area (Å²) in [7, 11) is 1.32. The second kappa shape index (κ2) is 5.29. The molecule has 104 valence electrons. The number of esters is 1. The molecule has 0 saturated heterocycles. The summed E-state index contributed by atoms with van der Waals surface area (Å²) in [6.45, 7) is 4.07. The SMILES string of the molecule is COC(=O)C1Cc2nc[nH]c2CN1C(=O)NC(C)C. The van der Waals surface area contributed by atoms with Gasteiger partial charge in [-0.2, -0.15) is 0 Å². The number of nitrogens with zero attached hydrogens (tertiary/aromatic N) is 2. The average Bonchev–Trinajstić information content (AvgIpc) is 2.82. The number of amides is 2. The molecule has 0 radical (unpaired) electrons. The molecule has 0 fully saturated rings. The molecule has 2 rings (SSSR count). The van der Waals surface area contributed by atoms with Crippen LogP contribution in [0.25, 0.3) is 0 Å². The zero-order chi connectivity index (χ0) is 14.0. The van der Waals surface area contributed by atoms with E-state index in [-0.39, 0.29) is 12.1 Å². The molecule has 7 nitrogen and oxygen atoms in total. The number of ether oxygens (including phenoxy) is 1. The van der Waals surface area contributed by atoms with Gasteiger partial charge in [0.2, 0.25) is 0 Å². The Morgan fingerprint density at radius 1 is 1.58 bits per heavy atom. The zero-order valence-corrected chi connectivity index (χ0v) is 11.3.